The van der Waals surface area contributed by atoms with Crippen molar-refractivity contribution in [2.24, 2.45) is 17.8 Å². The third kappa shape index (κ3) is 3.64. The summed E-state index contributed by atoms with van der Waals surface area (Å²) < 4.78 is 13.8. The number of nitrogens with zero attached hydrogens (tertiary/aromatic N) is 3. The molecule has 2 aliphatic rings. The van der Waals surface area contributed by atoms with Crippen LogP contribution in [0.4, 0.5) is 4.39 Å². The second-order valence-electron chi connectivity index (χ2n) is 8.75. The minimum atomic E-state index is -0.528. The van der Waals surface area contributed by atoms with Crippen LogP contribution in [0.25, 0.3) is 23.1 Å². The molecule has 1 aromatic heterocycles. The summed E-state index contributed by atoms with van der Waals surface area (Å²) in [5, 5.41) is 17.0. The number of halogens is 1. The maximum absolute atomic E-state index is 13.8. The SMILES string of the molecule is CN1CCC2C(CC1)C2Cc1cccc(/C=C/c2n[nH]c3cc(F)c(C#N)cc23)c1. The van der Waals surface area contributed by atoms with Crippen LogP contribution in [-0.2, 0) is 6.42 Å². The number of aromatic amines is 1. The van der Waals surface area contributed by atoms with Crippen molar-refractivity contribution in [3.05, 3.63) is 64.6 Å². The summed E-state index contributed by atoms with van der Waals surface area (Å²) in [6.45, 7) is 2.46. The van der Waals surface area contributed by atoms with E-state index in [-0.39, 0.29) is 5.56 Å². The van der Waals surface area contributed by atoms with Gasteiger partial charge >= 0.3 is 0 Å². The minimum Gasteiger partial charge on any atom is -0.306 e. The number of nitriles is 1. The van der Waals surface area contributed by atoms with Gasteiger partial charge < -0.3 is 4.90 Å². The first kappa shape index (κ1) is 19.0. The largest absolute Gasteiger partial charge is 0.306 e. The van der Waals surface area contributed by atoms with E-state index in [9.17, 15) is 4.39 Å². The standard InChI is InChI=1S/C25H25FN4/c1-30-9-7-19-20(8-10-30)21(19)12-17-4-2-3-16(11-17)5-6-24-22-13-18(15-27)23(26)14-25(22)29-28-24/h2-6,11,13-14,19-21H,7-10,12H2,1H3,(H,28,29)/b6-5+. The van der Waals surface area contributed by atoms with Crippen molar-refractivity contribution in [2.45, 2.75) is 19.3 Å². The average molecular weight is 401 g/mol. The number of hydrogen-bond donors (Lipinski definition) is 1. The van der Waals surface area contributed by atoms with Crippen LogP contribution >= 0.6 is 0 Å². The van der Waals surface area contributed by atoms with Gasteiger partial charge in [-0.2, -0.15) is 10.4 Å². The predicted molar refractivity (Wildman–Crippen MR) is 117 cm³/mol. The van der Waals surface area contributed by atoms with E-state index >= 15 is 0 Å². The Hall–Kier alpha value is -2.97. The van der Waals surface area contributed by atoms with Crippen molar-refractivity contribution in [3.8, 4) is 6.07 Å². The highest BCUT2D eigenvalue weighted by molar-refractivity contribution is 5.90. The highest BCUT2D eigenvalue weighted by Gasteiger charge is 2.49. The smallest absolute Gasteiger partial charge is 0.143 e. The third-order valence-corrected chi connectivity index (χ3v) is 6.85. The zero-order valence-corrected chi connectivity index (χ0v) is 17.1. The fraction of sp³-hybridized carbons (Fsp3) is 0.360. The van der Waals surface area contributed by atoms with Gasteiger partial charge in [0.15, 0.2) is 0 Å². The number of H-pyrrole nitrogens is 1. The quantitative estimate of drug-likeness (QED) is 0.679. The molecule has 0 spiro atoms. The van der Waals surface area contributed by atoms with E-state index in [1.54, 1.807) is 6.07 Å². The number of fused-ring (bicyclic) bond motifs is 2. The number of rotatable bonds is 4. The average Bonchev–Trinajstić information content (AvgIpc) is 3.32. The fourth-order valence-electron chi connectivity index (χ4n) is 5.08. The third-order valence-electron chi connectivity index (χ3n) is 6.85. The van der Waals surface area contributed by atoms with E-state index in [1.165, 1.54) is 37.6 Å². The van der Waals surface area contributed by atoms with Crippen molar-refractivity contribution in [3.63, 3.8) is 0 Å². The van der Waals surface area contributed by atoms with Gasteiger partial charge in [0.2, 0.25) is 0 Å². The number of likely N-dealkylation sites (tertiary alicyclic amines) is 1. The van der Waals surface area contributed by atoms with Crippen molar-refractivity contribution in [1.82, 2.24) is 15.1 Å². The van der Waals surface area contributed by atoms with E-state index in [1.807, 2.05) is 18.2 Å². The van der Waals surface area contributed by atoms with Crippen LogP contribution in [0.15, 0.2) is 36.4 Å². The van der Waals surface area contributed by atoms with Crippen molar-refractivity contribution in [1.29, 1.82) is 5.26 Å². The van der Waals surface area contributed by atoms with E-state index in [0.29, 0.717) is 11.2 Å². The van der Waals surface area contributed by atoms with Crippen LogP contribution in [0, 0.1) is 34.9 Å². The molecule has 5 rings (SSSR count). The molecule has 152 valence electrons. The van der Waals surface area contributed by atoms with Gasteiger partial charge in [-0.15, -0.1) is 0 Å². The van der Waals surface area contributed by atoms with Crippen molar-refractivity contribution in [2.75, 3.05) is 20.1 Å². The number of hydrogen-bond acceptors (Lipinski definition) is 3. The highest BCUT2D eigenvalue weighted by Crippen LogP contribution is 2.53. The molecule has 4 nitrogen and oxygen atoms in total. The maximum Gasteiger partial charge on any atom is 0.143 e. The summed E-state index contributed by atoms with van der Waals surface area (Å²) in [5.74, 6) is 2.12. The van der Waals surface area contributed by atoms with Crippen LogP contribution in [0.5, 0.6) is 0 Å². The highest BCUT2D eigenvalue weighted by atomic mass is 19.1. The van der Waals surface area contributed by atoms with Crippen LogP contribution < -0.4 is 0 Å². The molecule has 3 aromatic rings. The second-order valence-corrected chi connectivity index (χ2v) is 8.75. The molecule has 2 atom stereocenters. The topological polar surface area (TPSA) is 55.7 Å². The van der Waals surface area contributed by atoms with Gasteiger partial charge in [0.25, 0.3) is 0 Å². The number of aromatic nitrogens is 2. The lowest BCUT2D eigenvalue weighted by atomic mass is 10.0. The molecule has 2 aromatic carbocycles. The first-order chi connectivity index (χ1) is 14.6. The summed E-state index contributed by atoms with van der Waals surface area (Å²) in [6.07, 6.45) is 7.80. The molecular weight excluding hydrogens is 375 g/mol. The summed E-state index contributed by atoms with van der Waals surface area (Å²) in [7, 11) is 2.23. The molecular formula is C25H25FN4. The molecule has 2 unspecified atom stereocenters. The van der Waals surface area contributed by atoms with Gasteiger partial charge in [0.1, 0.15) is 11.9 Å². The van der Waals surface area contributed by atoms with Gasteiger partial charge in [-0.25, -0.2) is 4.39 Å². The molecule has 1 N–H and O–H groups in total. The van der Waals surface area contributed by atoms with Crippen molar-refractivity contribution < 1.29 is 4.39 Å². The fourth-order valence-corrected chi connectivity index (χ4v) is 5.08. The maximum atomic E-state index is 13.8. The van der Waals surface area contributed by atoms with Crippen LogP contribution in [0.2, 0.25) is 0 Å². The number of benzene rings is 2. The summed E-state index contributed by atoms with van der Waals surface area (Å²) >= 11 is 0. The molecule has 5 heteroatoms. The molecule has 2 heterocycles. The Morgan fingerprint density at radius 1 is 1.20 bits per heavy atom. The van der Waals surface area contributed by atoms with E-state index in [0.717, 1.165) is 35.1 Å². The van der Waals surface area contributed by atoms with Gasteiger partial charge in [0, 0.05) is 11.5 Å². The Balaban J connectivity index is 1.31. The monoisotopic (exact) mass is 400 g/mol. The Bertz CT molecular complexity index is 1140. The zero-order chi connectivity index (χ0) is 20.7. The summed E-state index contributed by atoms with van der Waals surface area (Å²) in [4.78, 5) is 2.46. The van der Waals surface area contributed by atoms with Crippen LogP contribution in [0.1, 0.15) is 35.2 Å². The molecule has 0 amide bonds. The van der Waals surface area contributed by atoms with Crippen LogP contribution in [0.3, 0.4) is 0 Å². The first-order valence-corrected chi connectivity index (χ1v) is 10.7. The van der Waals surface area contributed by atoms with Gasteiger partial charge in [-0.3, -0.25) is 5.10 Å². The number of nitrogens with one attached hydrogen (secondary N) is 1. The molecule has 0 radical (unpaired) electrons. The van der Waals surface area contributed by atoms with E-state index in [4.69, 9.17) is 5.26 Å². The minimum absolute atomic E-state index is 0.0356. The summed E-state index contributed by atoms with van der Waals surface area (Å²) in [5.41, 5.74) is 3.86. The van der Waals surface area contributed by atoms with Crippen LogP contribution in [-0.4, -0.2) is 35.2 Å². The Kier molecular flexibility index (Phi) is 4.88. The van der Waals surface area contributed by atoms with Gasteiger partial charge in [-0.05, 0) is 80.4 Å². The molecule has 2 fully saturated rings. The van der Waals surface area contributed by atoms with Gasteiger partial charge in [-0.1, -0.05) is 30.3 Å². The van der Waals surface area contributed by atoms with Crippen molar-refractivity contribution >= 4 is 23.1 Å². The molecule has 1 aliphatic carbocycles. The molecule has 1 saturated heterocycles. The Morgan fingerprint density at radius 3 is 2.77 bits per heavy atom. The normalized spacial score (nSPS) is 24.0. The predicted octanol–water partition coefficient (Wildman–Crippen LogP) is 4.87. The molecule has 1 aliphatic heterocycles. The lowest BCUT2D eigenvalue weighted by Crippen LogP contribution is -2.20. The second kappa shape index (κ2) is 7.70. The molecule has 1 saturated carbocycles. The Labute approximate surface area is 176 Å². The first-order valence-electron chi connectivity index (χ1n) is 10.7. The van der Waals surface area contributed by atoms with E-state index < -0.39 is 5.82 Å². The lowest BCUT2D eigenvalue weighted by molar-refractivity contribution is 0.326. The lowest BCUT2D eigenvalue weighted by Gasteiger charge is -2.14. The van der Waals surface area contributed by atoms with E-state index in [2.05, 4.69) is 46.4 Å². The molecule has 0 bridgehead atoms. The summed E-state index contributed by atoms with van der Waals surface area (Å²) in [6, 6.07) is 13.5. The van der Waals surface area contributed by atoms with Gasteiger partial charge in [0.05, 0.1) is 16.8 Å². The molecule has 30 heavy (non-hydrogen) atoms. The zero-order valence-electron chi connectivity index (χ0n) is 17.1. The Morgan fingerprint density at radius 2 is 2.00 bits per heavy atom.